The van der Waals surface area contributed by atoms with E-state index in [9.17, 15) is 9.59 Å². The van der Waals surface area contributed by atoms with Crippen LogP contribution in [0, 0.1) is 0 Å². The molecule has 1 saturated carbocycles. The fraction of sp³-hybridized carbons (Fsp3) is 0.300. The Bertz CT molecular complexity index is 922. The molecule has 1 aliphatic carbocycles. The van der Waals surface area contributed by atoms with Gasteiger partial charge in [0, 0.05) is 37.0 Å². The number of carbonyl (C=O) groups excluding carboxylic acids is 2. The molecule has 7 heteroatoms. The topological polar surface area (TPSA) is 78.4 Å². The molecule has 2 aliphatic rings. The molecule has 1 aromatic carbocycles. The largest absolute Gasteiger partial charge is 0.325 e. The third kappa shape index (κ3) is 3.40. The zero-order chi connectivity index (χ0) is 19.0. The summed E-state index contributed by atoms with van der Waals surface area (Å²) < 4.78 is 0. The van der Waals surface area contributed by atoms with Crippen LogP contribution in [0.5, 0.6) is 0 Å². The summed E-state index contributed by atoms with van der Waals surface area (Å²) in [6, 6.07) is 7.84. The van der Waals surface area contributed by atoms with Crippen molar-refractivity contribution in [2.45, 2.75) is 31.8 Å². The molecule has 0 bridgehead atoms. The molecule has 0 atom stereocenters. The Morgan fingerprint density at radius 3 is 2.89 bits per heavy atom. The van der Waals surface area contributed by atoms with Crippen LogP contribution in [-0.4, -0.2) is 39.8 Å². The summed E-state index contributed by atoms with van der Waals surface area (Å²) in [5, 5.41) is 3.17. The number of nitrogens with zero attached hydrogens (tertiary/aromatic N) is 4. The molecule has 0 saturated heterocycles. The Hall–Kier alpha value is -3.22. The maximum absolute atomic E-state index is 12.6. The molecular formula is C20H21N5O2. The maximum atomic E-state index is 12.6. The van der Waals surface area contributed by atoms with Gasteiger partial charge in [-0.15, -0.1) is 0 Å². The Balaban J connectivity index is 1.59. The lowest BCUT2D eigenvalue weighted by Crippen LogP contribution is -2.46. The van der Waals surface area contributed by atoms with Gasteiger partial charge in [0.05, 0.1) is 6.54 Å². The van der Waals surface area contributed by atoms with E-state index in [1.54, 1.807) is 18.1 Å². The molecule has 0 spiro atoms. The number of nitrogens with one attached hydrogen (secondary N) is 1. The smallest absolute Gasteiger partial charge is 0.324 e. The third-order valence-electron chi connectivity index (χ3n) is 4.88. The van der Waals surface area contributed by atoms with Gasteiger partial charge in [-0.3, -0.25) is 9.69 Å². The van der Waals surface area contributed by atoms with Crippen LogP contribution in [0.25, 0.3) is 0 Å². The molecule has 138 valence electrons. The number of hydrogen-bond acceptors (Lipinski definition) is 5. The van der Waals surface area contributed by atoms with E-state index in [4.69, 9.17) is 0 Å². The fourth-order valence-corrected chi connectivity index (χ4v) is 3.24. The molecule has 2 amide bonds. The van der Waals surface area contributed by atoms with E-state index in [1.165, 1.54) is 6.08 Å². The van der Waals surface area contributed by atoms with Crippen LogP contribution in [0.15, 0.2) is 43.1 Å². The van der Waals surface area contributed by atoms with Crippen molar-refractivity contribution in [3.63, 3.8) is 0 Å². The molecule has 2 aromatic rings. The first-order chi connectivity index (χ1) is 13.1. The molecule has 1 fully saturated rings. The van der Waals surface area contributed by atoms with Crippen LogP contribution >= 0.6 is 0 Å². The monoisotopic (exact) mass is 363 g/mol. The molecule has 27 heavy (non-hydrogen) atoms. The second kappa shape index (κ2) is 6.83. The second-order valence-corrected chi connectivity index (χ2v) is 6.87. The summed E-state index contributed by atoms with van der Waals surface area (Å²) in [5.74, 6) is 0.960. The number of allylic oxidation sites excluding steroid dienone is 1. The third-order valence-corrected chi connectivity index (χ3v) is 4.88. The zero-order valence-corrected chi connectivity index (χ0v) is 15.2. The number of carbonyl (C=O) groups is 2. The first kappa shape index (κ1) is 17.2. The van der Waals surface area contributed by atoms with E-state index in [0.717, 1.165) is 29.7 Å². The van der Waals surface area contributed by atoms with Crippen LogP contribution < -0.4 is 10.2 Å². The highest BCUT2D eigenvalue weighted by Crippen LogP contribution is 2.35. The highest BCUT2D eigenvalue weighted by molar-refractivity contribution is 5.94. The number of fused-ring (bicyclic) bond motifs is 1. The van der Waals surface area contributed by atoms with Gasteiger partial charge in [-0.1, -0.05) is 24.8 Å². The van der Waals surface area contributed by atoms with Crippen LogP contribution in [0.1, 0.15) is 24.0 Å². The number of anilines is 3. The molecule has 0 radical (unpaired) electrons. The average molecular weight is 363 g/mol. The van der Waals surface area contributed by atoms with Gasteiger partial charge in [-0.2, -0.15) is 4.98 Å². The van der Waals surface area contributed by atoms with Crippen LogP contribution in [0.2, 0.25) is 0 Å². The van der Waals surface area contributed by atoms with Crippen LogP contribution in [0.3, 0.4) is 0 Å². The molecule has 1 aliphatic heterocycles. The predicted molar refractivity (Wildman–Crippen MR) is 103 cm³/mol. The number of ketones is 1. The predicted octanol–water partition coefficient (Wildman–Crippen LogP) is 3.05. The second-order valence-electron chi connectivity index (χ2n) is 6.87. The van der Waals surface area contributed by atoms with E-state index in [0.29, 0.717) is 24.4 Å². The van der Waals surface area contributed by atoms with Crippen LogP contribution in [-0.2, 0) is 17.8 Å². The van der Waals surface area contributed by atoms with Crippen molar-refractivity contribution in [3.8, 4) is 0 Å². The van der Waals surface area contributed by atoms with Gasteiger partial charge < -0.3 is 10.2 Å². The number of benzene rings is 1. The van der Waals surface area contributed by atoms with E-state index in [2.05, 4.69) is 21.9 Å². The number of urea groups is 1. The summed E-state index contributed by atoms with van der Waals surface area (Å²) in [6.45, 7) is 4.07. The molecular weight excluding hydrogens is 342 g/mol. The molecule has 7 nitrogen and oxygen atoms in total. The van der Waals surface area contributed by atoms with Crippen LogP contribution in [0.4, 0.5) is 22.2 Å². The van der Waals surface area contributed by atoms with E-state index in [1.807, 2.05) is 29.2 Å². The summed E-state index contributed by atoms with van der Waals surface area (Å²) >= 11 is 0. The van der Waals surface area contributed by atoms with Gasteiger partial charge in [0.2, 0.25) is 5.95 Å². The lowest BCUT2D eigenvalue weighted by Gasteiger charge is -2.34. The highest BCUT2D eigenvalue weighted by atomic mass is 16.2. The number of amides is 2. The average Bonchev–Trinajstić information content (AvgIpc) is 3.51. The molecule has 1 N–H and O–H groups in total. The Kier molecular flexibility index (Phi) is 4.35. The highest BCUT2D eigenvalue weighted by Gasteiger charge is 2.38. The zero-order valence-electron chi connectivity index (χ0n) is 15.2. The molecule has 4 rings (SSSR count). The van der Waals surface area contributed by atoms with Crippen molar-refractivity contribution in [1.29, 1.82) is 0 Å². The lowest BCUT2D eigenvalue weighted by molar-refractivity contribution is -0.114. The van der Waals surface area contributed by atoms with E-state index < -0.39 is 0 Å². The van der Waals surface area contributed by atoms with Crippen molar-refractivity contribution >= 4 is 29.3 Å². The minimum absolute atomic E-state index is 0.0216. The van der Waals surface area contributed by atoms with Gasteiger partial charge in [0.1, 0.15) is 5.82 Å². The van der Waals surface area contributed by atoms with Gasteiger partial charge >= 0.3 is 6.03 Å². The normalized spacial score (nSPS) is 16.1. The quantitative estimate of drug-likeness (QED) is 0.798. The first-order valence-electron chi connectivity index (χ1n) is 8.97. The van der Waals surface area contributed by atoms with Crippen molar-refractivity contribution < 1.29 is 9.59 Å². The Morgan fingerprint density at radius 1 is 1.37 bits per heavy atom. The summed E-state index contributed by atoms with van der Waals surface area (Å²) in [7, 11) is 1.74. The SMILES string of the molecule is C=CC(=O)Cc1ccccc1Nc1ncc2c(n1)N(C)C(=O)N(C1CC1)C2. The van der Waals surface area contributed by atoms with Gasteiger partial charge in [0.15, 0.2) is 5.78 Å². The number of aromatic nitrogens is 2. The Labute approximate surface area is 157 Å². The van der Waals surface area contributed by atoms with Crippen molar-refractivity contribution in [2.24, 2.45) is 0 Å². The molecule has 0 unspecified atom stereocenters. The van der Waals surface area contributed by atoms with Crippen molar-refractivity contribution in [3.05, 3.63) is 54.2 Å². The van der Waals surface area contributed by atoms with Gasteiger partial charge in [-0.25, -0.2) is 9.78 Å². The fourth-order valence-electron chi connectivity index (χ4n) is 3.24. The van der Waals surface area contributed by atoms with E-state index >= 15 is 0 Å². The standard InChI is InChI=1S/C20H21N5O2/c1-3-16(26)10-13-6-4-5-7-17(13)22-19-21-11-14-12-25(15-8-9-15)20(27)24(2)18(14)23-19/h3-7,11,15H,1,8-10,12H2,2H3,(H,21,22,23). The maximum Gasteiger partial charge on any atom is 0.325 e. The van der Waals surface area contributed by atoms with Gasteiger partial charge in [-0.05, 0) is 30.5 Å². The minimum Gasteiger partial charge on any atom is -0.324 e. The number of hydrogen-bond donors (Lipinski definition) is 1. The number of para-hydroxylation sites is 1. The summed E-state index contributed by atoms with van der Waals surface area (Å²) in [6.07, 6.45) is 5.47. The van der Waals surface area contributed by atoms with Crippen molar-refractivity contribution in [1.82, 2.24) is 14.9 Å². The Morgan fingerprint density at radius 2 is 2.15 bits per heavy atom. The number of rotatable bonds is 6. The minimum atomic E-state index is -0.0545. The molecule has 1 aromatic heterocycles. The van der Waals surface area contributed by atoms with Gasteiger partial charge in [0.25, 0.3) is 0 Å². The van der Waals surface area contributed by atoms with E-state index in [-0.39, 0.29) is 18.2 Å². The summed E-state index contributed by atoms with van der Waals surface area (Å²) in [4.78, 5) is 36.7. The summed E-state index contributed by atoms with van der Waals surface area (Å²) in [5.41, 5.74) is 2.54. The lowest BCUT2D eigenvalue weighted by atomic mass is 10.1. The van der Waals surface area contributed by atoms with Crippen molar-refractivity contribution in [2.75, 3.05) is 17.3 Å². The first-order valence-corrected chi connectivity index (χ1v) is 8.97. The molecule has 2 heterocycles.